The predicted octanol–water partition coefficient (Wildman–Crippen LogP) is 4.61. The van der Waals surface area contributed by atoms with Crippen molar-refractivity contribution in [3.8, 4) is 0 Å². The summed E-state index contributed by atoms with van der Waals surface area (Å²) in [7, 11) is 0. The highest BCUT2D eigenvalue weighted by Crippen LogP contribution is 2.21. The van der Waals surface area contributed by atoms with E-state index < -0.39 is 0 Å². The molecule has 5 rings (SSSR count). The minimum atomic E-state index is -0.0976. The van der Waals surface area contributed by atoms with Gasteiger partial charge in [0.15, 0.2) is 0 Å². The molecule has 0 aliphatic heterocycles. The van der Waals surface area contributed by atoms with Crippen LogP contribution < -0.4 is 5.32 Å². The summed E-state index contributed by atoms with van der Waals surface area (Å²) in [5, 5.41) is 5.46. The Bertz CT molecular complexity index is 1360. The molecule has 0 aliphatic carbocycles. The number of para-hydroxylation sites is 2. The fraction of sp³-hybridized carbons (Fsp3) is 0.115. The number of nitrogens with one attached hydrogen (secondary N) is 1. The lowest BCUT2D eigenvalue weighted by molar-refractivity contribution is 0.0954. The maximum atomic E-state index is 12.3. The number of aromatic nitrogens is 3. The lowest BCUT2D eigenvalue weighted by atomic mass is 10.1. The van der Waals surface area contributed by atoms with E-state index in [1.807, 2.05) is 18.2 Å². The van der Waals surface area contributed by atoms with Crippen LogP contribution in [0, 0.1) is 0 Å². The number of carbonyl (C=O) groups excluding carboxylic acids is 1. The van der Waals surface area contributed by atoms with Crippen molar-refractivity contribution in [1.29, 1.82) is 0 Å². The molecule has 0 spiro atoms. The van der Waals surface area contributed by atoms with Gasteiger partial charge >= 0.3 is 0 Å². The first-order valence-corrected chi connectivity index (χ1v) is 10.4. The van der Waals surface area contributed by atoms with Crippen LogP contribution in [0.3, 0.4) is 0 Å². The van der Waals surface area contributed by atoms with Gasteiger partial charge in [0, 0.05) is 37.5 Å². The zero-order valence-electron chi connectivity index (χ0n) is 17.0. The molecular formula is C26H22N4O. The third kappa shape index (κ3) is 4.03. The minimum Gasteiger partial charge on any atom is -0.352 e. The van der Waals surface area contributed by atoms with Crippen molar-refractivity contribution in [2.75, 3.05) is 6.54 Å². The molecule has 0 unspecified atom stereocenters. The van der Waals surface area contributed by atoms with Crippen LogP contribution in [0.2, 0.25) is 0 Å². The molecule has 0 radical (unpaired) electrons. The fourth-order valence-electron chi connectivity index (χ4n) is 3.91. The fourth-order valence-corrected chi connectivity index (χ4v) is 3.91. The smallest absolute Gasteiger partial charge is 0.251 e. The second-order valence-corrected chi connectivity index (χ2v) is 7.53. The Kier molecular flexibility index (Phi) is 5.15. The van der Waals surface area contributed by atoms with Gasteiger partial charge in [0.1, 0.15) is 5.82 Å². The van der Waals surface area contributed by atoms with Gasteiger partial charge in [-0.3, -0.25) is 9.78 Å². The van der Waals surface area contributed by atoms with Crippen molar-refractivity contribution in [3.05, 3.63) is 108 Å². The highest BCUT2D eigenvalue weighted by molar-refractivity contribution is 5.94. The van der Waals surface area contributed by atoms with Gasteiger partial charge in [-0.1, -0.05) is 48.5 Å². The number of hydrogen-bond donors (Lipinski definition) is 1. The molecule has 1 N–H and O–H groups in total. The highest BCUT2D eigenvalue weighted by atomic mass is 16.1. The number of nitrogens with zero attached hydrogens (tertiary/aromatic N) is 3. The number of benzene rings is 3. The van der Waals surface area contributed by atoms with Crippen LogP contribution in [0.25, 0.3) is 21.8 Å². The Labute approximate surface area is 180 Å². The number of pyridine rings is 1. The molecule has 1 amide bonds. The van der Waals surface area contributed by atoms with Crippen LogP contribution in [-0.4, -0.2) is 27.0 Å². The maximum absolute atomic E-state index is 12.3. The summed E-state index contributed by atoms with van der Waals surface area (Å²) in [5.41, 5.74) is 3.91. The number of rotatable bonds is 6. The lowest BCUT2D eigenvalue weighted by Crippen LogP contribution is -2.26. The van der Waals surface area contributed by atoms with E-state index >= 15 is 0 Å². The molecule has 0 aliphatic rings. The second-order valence-electron chi connectivity index (χ2n) is 7.53. The zero-order valence-corrected chi connectivity index (χ0v) is 17.0. The maximum Gasteiger partial charge on any atom is 0.251 e. The number of fused-ring (bicyclic) bond motifs is 2. The van der Waals surface area contributed by atoms with E-state index in [9.17, 15) is 4.79 Å². The van der Waals surface area contributed by atoms with Gasteiger partial charge in [-0.2, -0.15) is 0 Å². The monoisotopic (exact) mass is 406 g/mol. The quantitative estimate of drug-likeness (QED) is 0.448. The van der Waals surface area contributed by atoms with Crippen molar-refractivity contribution in [2.45, 2.75) is 13.0 Å². The van der Waals surface area contributed by atoms with Gasteiger partial charge in [0.25, 0.3) is 5.91 Å². The molecule has 5 nitrogen and oxygen atoms in total. The van der Waals surface area contributed by atoms with Crippen LogP contribution in [0.5, 0.6) is 0 Å². The third-order valence-corrected chi connectivity index (χ3v) is 5.46. The zero-order chi connectivity index (χ0) is 21.0. The first-order valence-electron chi connectivity index (χ1n) is 10.4. The molecular weight excluding hydrogens is 384 g/mol. The lowest BCUT2D eigenvalue weighted by Gasteiger charge is -2.11. The normalized spacial score (nSPS) is 11.1. The van der Waals surface area contributed by atoms with Crippen LogP contribution in [0.4, 0.5) is 0 Å². The molecule has 5 heteroatoms. The summed E-state index contributed by atoms with van der Waals surface area (Å²) >= 11 is 0. The molecule has 0 fully saturated rings. The van der Waals surface area contributed by atoms with Gasteiger partial charge in [-0.15, -0.1) is 0 Å². The molecule has 2 aromatic heterocycles. The molecule has 0 saturated carbocycles. The summed E-state index contributed by atoms with van der Waals surface area (Å²) in [6.45, 7) is 1.25. The minimum absolute atomic E-state index is 0.0976. The van der Waals surface area contributed by atoms with Crippen LogP contribution in [-0.2, 0) is 13.0 Å². The van der Waals surface area contributed by atoms with Crippen molar-refractivity contribution in [2.24, 2.45) is 0 Å². The molecule has 152 valence electrons. The average molecular weight is 406 g/mol. The van der Waals surface area contributed by atoms with E-state index in [-0.39, 0.29) is 5.91 Å². The van der Waals surface area contributed by atoms with Crippen LogP contribution >= 0.6 is 0 Å². The molecule has 31 heavy (non-hydrogen) atoms. The van der Waals surface area contributed by atoms with Gasteiger partial charge in [0.2, 0.25) is 0 Å². The topological polar surface area (TPSA) is 59.8 Å². The Balaban J connectivity index is 1.39. The van der Waals surface area contributed by atoms with Gasteiger partial charge in [-0.05, 0) is 46.7 Å². The number of carbonyl (C=O) groups is 1. The van der Waals surface area contributed by atoms with Crippen molar-refractivity contribution >= 4 is 27.7 Å². The average Bonchev–Trinajstić information content (AvgIpc) is 3.16. The van der Waals surface area contributed by atoms with Gasteiger partial charge in [0.05, 0.1) is 11.0 Å². The Hall–Kier alpha value is -3.99. The first-order chi connectivity index (χ1) is 15.3. The SMILES string of the molecule is O=C(NCCc1nc2ccccc2n1Cc1ccc2ccccc2c1)c1ccncc1. The molecule has 2 heterocycles. The Morgan fingerprint density at radius 2 is 1.65 bits per heavy atom. The van der Waals surface area contributed by atoms with E-state index in [4.69, 9.17) is 4.98 Å². The number of amides is 1. The highest BCUT2D eigenvalue weighted by Gasteiger charge is 2.12. The summed E-state index contributed by atoms with van der Waals surface area (Å²) in [6.07, 6.45) is 3.90. The number of imidazole rings is 1. The molecule has 0 saturated heterocycles. The van der Waals surface area contributed by atoms with Crippen LogP contribution in [0.15, 0.2) is 91.3 Å². The Morgan fingerprint density at radius 3 is 2.52 bits per heavy atom. The summed E-state index contributed by atoms with van der Waals surface area (Å²) < 4.78 is 2.25. The van der Waals surface area contributed by atoms with Crippen molar-refractivity contribution in [3.63, 3.8) is 0 Å². The molecule has 5 aromatic rings. The van der Waals surface area contributed by atoms with E-state index in [2.05, 4.69) is 63.4 Å². The van der Waals surface area contributed by atoms with Crippen molar-refractivity contribution < 1.29 is 4.79 Å². The van der Waals surface area contributed by atoms with E-state index in [0.717, 1.165) is 23.4 Å². The van der Waals surface area contributed by atoms with Gasteiger partial charge < -0.3 is 9.88 Å². The number of hydrogen-bond acceptors (Lipinski definition) is 3. The second kappa shape index (κ2) is 8.40. The summed E-state index contributed by atoms with van der Waals surface area (Å²) in [4.78, 5) is 21.1. The molecule has 0 bridgehead atoms. The Morgan fingerprint density at radius 1 is 0.871 bits per heavy atom. The van der Waals surface area contributed by atoms with E-state index in [1.165, 1.54) is 16.3 Å². The van der Waals surface area contributed by atoms with E-state index in [1.54, 1.807) is 24.5 Å². The largest absolute Gasteiger partial charge is 0.352 e. The summed E-state index contributed by atoms with van der Waals surface area (Å²) in [5.74, 6) is 0.865. The first kappa shape index (κ1) is 19.0. The third-order valence-electron chi connectivity index (χ3n) is 5.46. The molecule has 3 aromatic carbocycles. The standard InChI is InChI=1S/C26H22N4O/c31-26(21-11-14-27-15-12-21)28-16-13-25-29-23-7-3-4-8-24(23)30(25)18-19-9-10-20-5-1-2-6-22(20)17-19/h1-12,14-15,17H,13,16,18H2,(H,28,31). The summed E-state index contributed by atoms with van der Waals surface area (Å²) in [6, 6.07) is 26.6. The predicted molar refractivity (Wildman–Crippen MR) is 123 cm³/mol. The van der Waals surface area contributed by atoms with Crippen LogP contribution in [0.1, 0.15) is 21.7 Å². The van der Waals surface area contributed by atoms with Crippen molar-refractivity contribution in [1.82, 2.24) is 19.9 Å². The van der Waals surface area contributed by atoms with Gasteiger partial charge in [-0.25, -0.2) is 4.98 Å². The molecule has 0 atom stereocenters. The van der Waals surface area contributed by atoms with E-state index in [0.29, 0.717) is 18.5 Å².